The van der Waals surface area contributed by atoms with Crippen LogP contribution < -0.4 is 5.32 Å². The summed E-state index contributed by atoms with van der Waals surface area (Å²) in [5.74, 6) is 0. The largest absolute Gasteiger partial charge is 0.306 e. The molecule has 0 bridgehead atoms. The summed E-state index contributed by atoms with van der Waals surface area (Å²) in [4.78, 5) is 14.5. The molecule has 0 radical (unpaired) electrons. The number of nitro benzene ring substituents is 1. The van der Waals surface area contributed by atoms with E-state index in [0.717, 1.165) is 5.56 Å². The second kappa shape index (κ2) is 6.06. The third-order valence-electron chi connectivity index (χ3n) is 2.99. The van der Waals surface area contributed by atoms with Crippen molar-refractivity contribution in [2.45, 2.75) is 19.5 Å². The number of hydrogen-bond acceptors (Lipinski definition) is 4. The average Bonchev–Trinajstić information content (AvgIpc) is 2.46. The first-order valence-corrected chi connectivity index (χ1v) is 6.04. The molecule has 1 N–H and O–H groups in total. The molecule has 98 valence electrons. The molecule has 1 atom stereocenters. The number of nitrogens with zero attached hydrogens (tertiary/aromatic N) is 2. The molecule has 2 rings (SSSR count). The van der Waals surface area contributed by atoms with Crippen LogP contribution in [-0.2, 0) is 6.54 Å². The van der Waals surface area contributed by atoms with E-state index >= 15 is 0 Å². The lowest BCUT2D eigenvalue weighted by Crippen LogP contribution is -2.18. The molecule has 1 aromatic carbocycles. The number of benzene rings is 1. The minimum absolute atomic E-state index is 0.114. The minimum atomic E-state index is -0.353. The Morgan fingerprint density at radius 2 is 1.95 bits per heavy atom. The summed E-state index contributed by atoms with van der Waals surface area (Å²) >= 11 is 0. The average molecular weight is 257 g/mol. The highest BCUT2D eigenvalue weighted by atomic mass is 16.6. The van der Waals surface area contributed by atoms with Crippen molar-refractivity contribution in [3.05, 3.63) is 70.0 Å². The smallest absolute Gasteiger partial charge is 0.273 e. The first kappa shape index (κ1) is 13.2. The molecule has 0 amide bonds. The number of nitro groups is 1. The van der Waals surface area contributed by atoms with Crippen molar-refractivity contribution in [2.24, 2.45) is 0 Å². The molecule has 1 heterocycles. The molecule has 0 fully saturated rings. The molecule has 1 aromatic heterocycles. The van der Waals surface area contributed by atoms with Crippen LogP contribution in [0, 0.1) is 10.1 Å². The number of rotatable bonds is 5. The molecule has 0 saturated heterocycles. The Balaban J connectivity index is 2.05. The maximum atomic E-state index is 10.9. The molecule has 0 saturated carbocycles. The number of pyridine rings is 1. The third kappa shape index (κ3) is 3.35. The Morgan fingerprint density at radius 3 is 2.63 bits per heavy atom. The Bertz CT molecular complexity index is 558. The van der Waals surface area contributed by atoms with E-state index in [1.54, 1.807) is 30.6 Å². The first-order valence-electron chi connectivity index (χ1n) is 6.04. The van der Waals surface area contributed by atoms with Crippen LogP contribution in [-0.4, -0.2) is 9.91 Å². The van der Waals surface area contributed by atoms with Gasteiger partial charge in [-0.15, -0.1) is 0 Å². The van der Waals surface area contributed by atoms with Gasteiger partial charge in [0, 0.05) is 36.6 Å². The summed E-state index contributed by atoms with van der Waals surface area (Å²) in [7, 11) is 0. The summed E-state index contributed by atoms with van der Waals surface area (Å²) in [6.07, 6.45) is 3.47. The summed E-state index contributed by atoms with van der Waals surface area (Å²) < 4.78 is 0. The van der Waals surface area contributed by atoms with E-state index in [1.165, 1.54) is 6.07 Å². The molecule has 0 unspecified atom stereocenters. The second-order valence-corrected chi connectivity index (χ2v) is 4.27. The molecule has 0 aliphatic rings. The molecule has 5 nitrogen and oxygen atoms in total. The molecule has 0 aliphatic heterocycles. The summed E-state index contributed by atoms with van der Waals surface area (Å²) in [6.45, 7) is 2.48. The summed E-state index contributed by atoms with van der Waals surface area (Å²) in [5.41, 5.74) is 1.94. The lowest BCUT2D eigenvalue weighted by molar-refractivity contribution is -0.385. The monoisotopic (exact) mass is 257 g/mol. The molecular weight excluding hydrogens is 242 g/mol. The fourth-order valence-electron chi connectivity index (χ4n) is 1.87. The maximum absolute atomic E-state index is 10.9. The van der Waals surface area contributed by atoms with E-state index in [2.05, 4.69) is 10.3 Å². The van der Waals surface area contributed by atoms with Crippen molar-refractivity contribution in [1.82, 2.24) is 10.3 Å². The van der Waals surface area contributed by atoms with Crippen molar-refractivity contribution in [3.63, 3.8) is 0 Å². The Kier molecular flexibility index (Phi) is 4.20. The van der Waals surface area contributed by atoms with E-state index < -0.39 is 0 Å². The van der Waals surface area contributed by atoms with Crippen LogP contribution >= 0.6 is 0 Å². The fourth-order valence-corrected chi connectivity index (χ4v) is 1.87. The van der Waals surface area contributed by atoms with Gasteiger partial charge in [0.05, 0.1) is 4.92 Å². The van der Waals surface area contributed by atoms with Crippen molar-refractivity contribution in [1.29, 1.82) is 0 Å². The Morgan fingerprint density at radius 1 is 1.26 bits per heavy atom. The SMILES string of the molecule is C[C@H](NCc1ccccc1[N+](=O)[O-])c1ccncc1. The van der Waals surface area contributed by atoms with Gasteiger partial charge < -0.3 is 5.32 Å². The fraction of sp³-hybridized carbons (Fsp3) is 0.214. The van der Waals surface area contributed by atoms with Crippen LogP contribution in [0.15, 0.2) is 48.8 Å². The van der Waals surface area contributed by atoms with Gasteiger partial charge in [-0.05, 0) is 24.6 Å². The molecule has 0 aliphatic carbocycles. The van der Waals surface area contributed by atoms with Crippen LogP contribution in [0.4, 0.5) is 5.69 Å². The van der Waals surface area contributed by atoms with Gasteiger partial charge in [-0.2, -0.15) is 0 Å². The number of nitrogens with one attached hydrogen (secondary N) is 1. The van der Waals surface area contributed by atoms with E-state index in [0.29, 0.717) is 12.1 Å². The summed E-state index contributed by atoms with van der Waals surface area (Å²) in [6, 6.07) is 10.7. The van der Waals surface area contributed by atoms with Crippen molar-refractivity contribution < 1.29 is 4.92 Å². The number of para-hydroxylation sites is 1. The molecule has 0 spiro atoms. The first-order chi connectivity index (χ1) is 9.18. The minimum Gasteiger partial charge on any atom is -0.306 e. The standard InChI is InChI=1S/C14H15N3O2/c1-11(12-6-8-15-9-7-12)16-10-13-4-2-3-5-14(13)17(18)19/h2-9,11,16H,10H2,1H3/t11-/m0/s1. The molecular formula is C14H15N3O2. The topological polar surface area (TPSA) is 68.1 Å². The lowest BCUT2D eigenvalue weighted by Gasteiger charge is -2.14. The highest BCUT2D eigenvalue weighted by molar-refractivity contribution is 5.39. The van der Waals surface area contributed by atoms with Crippen LogP contribution in [0.3, 0.4) is 0 Å². The third-order valence-corrected chi connectivity index (χ3v) is 2.99. The maximum Gasteiger partial charge on any atom is 0.273 e. The highest BCUT2D eigenvalue weighted by Gasteiger charge is 2.13. The normalized spacial score (nSPS) is 12.1. The van der Waals surface area contributed by atoms with Crippen molar-refractivity contribution in [2.75, 3.05) is 0 Å². The van der Waals surface area contributed by atoms with Crippen LogP contribution in [0.25, 0.3) is 0 Å². The highest BCUT2D eigenvalue weighted by Crippen LogP contribution is 2.19. The van der Waals surface area contributed by atoms with Gasteiger partial charge >= 0.3 is 0 Å². The van der Waals surface area contributed by atoms with Gasteiger partial charge in [-0.1, -0.05) is 18.2 Å². The van der Waals surface area contributed by atoms with Crippen molar-refractivity contribution in [3.8, 4) is 0 Å². The van der Waals surface area contributed by atoms with Crippen LogP contribution in [0.1, 0.15) is 24.1 Å². The van der Waals surface area contributed by atoms with Gasteiger partial charge in [-0.3, -0.25) is 15.1 Å². The zero-order valence-corrected chi connectivity index (χ0v) is 10.6. The molecule has 2 aromatic rings. The lowest BCUT2D eigenvalue weighted by atomic mass is 10.1. The predicted molar refractivity (Wildman–Crippen MR) is 72.6 cm³/mol. The number of hydrogen-bond donors (Lipinski definition) is 1. The number of aromatic nitrogens is 1. The quantitative estimate of drug-likeness (QED) is 0.660. The molecule has 5 heteroatoms. The Labute approximate surface area is 111 Å². The van der Waals surface area contributed by atoms with Gasteiger partial charge in [0.2, 0.25) is 0 Å². The van der Waals surface area contributed by atoms with Crippen LogP contribution in [0.2, 0.25) is 0 Å². The van der Waals surface area contributed by atoms with Gasteiger partial charge in [0.25, 0.3) is 5.69 Å². The van der Waals surface area contributed by atoms with Gasteiger partial charge in [-0.25, -0.2) is 0 Å². The van der Waals surface area contributed by atoms with Gasteiger partial charge in [0.1, 0.15) is 0 Å². The zero-order valence-electron chi connectivity index (χ0n) is 10.6. The van der Waals surface area contributed by atoms with Gasteiger partial charge in [0.15, 0.2) is 0 Å². The molecule has 19 heavy (non-hydrogen) atoms. The van der Waals surface area contributed by atoms with E-state index in [4.69, 9.17) is 0 Å². The summed E-state index contributed by atoms with van der Waals surface area (Å²) in [5, 5.41) is 14.2. The van der Waals surface area contributed by atoms with E-state index in [1.807, 2.05) is 19.1 Å². The predicted octanol–water partition coefficient (Wildman–Crippen LogP) is 2.84. The van der Waals surface area contributed by atoms with Crippen molar-refractivity contribution >= 4 is 5.69 Å². The zero-order chi connectivity index (χ0) is 13.7. The van der Waals surface area contributed by atoms with E-state index in [9.17, 15) is 10.1 Å². The van der Waals surface area contributed by atoms with Crippen LogP contribution in [0.5, 0.6) is 0 Å². The second-order valence-electron chi connectivity index (χ2n) is 4.27. The van der Waals surface area contributed by atoms with E-state index in [-0.39, 0.29) is 16.7 Å². The Hall–Kier alpha value is -2.27.